The summed E-state index contributed by atoms with van der Waals surface area (Å²) < 4.78 is 0. The van der Waals surface area contributed by atoms with Crippen LogP contribution in [-0.4, -0.2) is 23.2 Å². The molecule has 1 fully saturated rings. The molecule has 0 aromatic heterocycles. The molecule has 2 atom stereocenters. The molecule has 0 bridgehead atoms. The average Bonchev–Trinajstić information content (AvgIpc) is 1.94. The van der Waals surface area contributed by atoms with E-state index in [-0.39, 0.29) is 11.0 Å². The van der Waals surface area contributed by atoms with Crippen molar-refractivity contribution in [3.63, 3.8) is 0 Å². The summed E-state index contributed by atoms with van der Waals surface area (Å²) in [6.07, 6.45) is 4.82. The molecule has 1 aliphatic carbocycles. The molecule has 4 heteroatoms. The lowest BCUT2D eigenvalue weighted by Gasteiger charge is -2.51. The SMILES string of the molecule is CCC[C@]1(CC)CCC1[Si](O)(O)O. The lowest BCUT2D eigenvalue weighted by Crippen LogP contribution is -2.54. The van der Waals surface area contributed by atoms with E-state index in [9.17, 15) is 14.4 Å². The summed E-state index contributed by atoms with van der Waals surface area (Å²) in [5.74, 6) is 0. The standard InChI is InChI=1S/C9H20O3Si/c1-3-6-9(4-2)7-5-8(9)13(10,11)12/h8,10-12H,3-7H2,1-2H3/t8?,9-/m1/s1. The normalized spacial score (nSPS) is 34.4. The van der Waals surface area contributed by atoms with E-state index in [0.29, 0.717) is 0 Å². The molecule has 0 aliphatic heterocycles. The number of hydrogen-bond donors (Lipinski definition) is 3. The second-order valence-corrected chi connectivity index (χ2v) is 6.32. The summed E-state index contributed by atoms with van der Waals surface area (Å²) in [5, 5.41) is 0. The molecule has 0 amide bonds. The number of hydrogen-bond acceptors (Lipinski definition) is 3. The highest BCUT2D eigenvalue weighted by molar-refractivity contribution is 6.58. The first-order valence-corrected chi connectivity index (χ1v) is 7.05. The van der Waals surface area contributed by atoms with Gasteiger partial charge >= 0.3 is 8.80 Å². The van der Waals surface area contributed by atoms with Crippen molar-refractivity contribution >= 4 is 8.80 Å². The molecule has 13 heavy (non-hydrogen) atoms. The maximum atomic E-state index is 9.28. The van der Waals surface area contributed by atoms with Crippen LogP contribution in [0.2, 0.25) is 5.54 Å². The molecular weight excluding hydrogens is 184 g/mol. The Balaban J connectivity index is 2.68. The highest BCUT2D eigenvalue weighted by atomic mass is 28.4. The van der Waals surface area contributed by atoms with Crippen LogP contribution < -0.4 is 0 Å². The Bertz CT molecular complexity index is 174. The average molecular weight is 204 g/mol. The second kappa shape index (κ2) is 3.69. The van der Waals surface area contributed by atoms with Crippen LogP contribution in [0.15, 0.2) is 0 Å². The molecular formula is C9H20O3Si. The smallest absolute Gasteiger partial charge is 0.390 e. The molecule has 3 N–H and O–H groups in total. The Hall–Kier alpha value is 0.0969. The van der Waals surface area contributed by atoms with Gasteiger partial charge in [0.15, 0.2) is 0 Å². The monoisotopic (exact) mass is 204 g/mol. The quantitative estimate of drug-likeness (QED) is 0.604. The maximum Gasteiger partial charge on any atom is 0.496 e. The van der Waals surface area contributed by atoms with E-state index in [0.717, 1.165) is 32.1 Å². The predicted octanol–water partition coefficient (Wildman–Crippen LogP) is 1.26. The fourth-order valence-electron chi connectivity index (χ4n) is 2.70. The molecule has 1 saturated carbocycles. The van der Waals surface area contributed by atoms with Gasteiger partial charge < -0.3 is 14.4 Å². The van der Waals surface area contributed by atoms with E-state index in [1.54, 1.807) is 0 Å². The molecule has 0 saturated heterocycles. The Morgan fingerprint density at radius 2 is 1.92 bits per heavy atom. The van der Waals surface area contributed by atoms with Crippen LogP contribution in [0.5, 0.6) is 0 Å². The first-order valence-electron chi connectivity index (χ1n) is 5.13. The lowest BCUT2D eigenvalue weighted by atomic mass is 9.64. The molecule has 0 aromatic rings. The highest BCUT2D eigenvalue weighted by Crippen LogP contribution is 2.58. The van der Waals surface area contributed by atoms with Crippen LogP contribution in [0.4, 0.5) is 0 Å². The molecule has 1 rings (SSSR count). The van der Waals surface area contributed by atoms with Gasteiger partial charge in [0.2, 0.25) is 0 Å². The third-order valence-corrected chi connectivity index (χ3v) is 5.43. The van der Waals surface area contributed by atoms with Crippen LogP contribution in [0.25, 0.3) is 0 Å². The van der Waals surface area contributed by atoms with Crippen molar-refractivity contribution in [3.05, 3.63) is 0 Å². The van der Waals surface area contributed by atoms with Crippen molar-refractivity contribution in [2.45, 2.75) is 51.5 Å². The molecule has 0 aromatic carbocycles. The van der Waals surface area contributed by atoms with Crippen molar-refractivity contribution < 1.29 is 14.4 Å². The van der Waals surface area contributed by atoms with Gasteiger partial charge in [-0.05, 0) is 24.7 Å². The molecule has 1 unspecified atom stereocenters. The van der Waals surface area contributed by atoms with Crippen molar-refractivity contribution in [2.24, 2.45) is 5.41 Å². The summed E-state index contributed by atoms with van der Waals surface area (Å²) in [6, 6.07) is 0. The lowest BCUT2D eigenvalue weighted by molar-refractivity contribution is 0.0521. The molecule has 3 nitrogen and oxygen atoms in total. The third kappa shape index (κ3) is 1.96. The van der Waals surface area contributed by atoms with Gasteiger partial charge in [-0.25, -0.2) is 0 Å². The van der Waals surface area contributed by atoms with Gasteiger partial charge in [0.1, 0.15) is 0 Å². The second-order valence-electron chi connectivity index (χ2n) is 4.24. The van der Waals surface area contributed by atoms with Crippen molar-refractivity contribution in [1.82, 2.24) is 0 Å². The third-order valence-electron chi connectivity index (χ3n) is 3.59. The Kier molecular flexibility index (Phi) is 3.17. The van der Waals surface area contributed by atoms with Crippen LogP contribution in [0, 0.1) is 5.41 Å². The first-order chi connectivity index (χ1) is 5.96. The Morgan fingerprint density at radius 1 is 1.31 bits per heavy atom. The fourth-order valence-corrected chi connectivity index (χ4v) is 4.54. The van der Waals surface area contributed by atoms with E-state index < -0.39 is 8.80 Å². The van der Waals surface area contributed by atoms with Gasteiger partial charge in [0.25, 0.3) is 0 Å². The van der Waals surface area contributed by atoms with Crippen molar-refractivity contribution in [3.8, 4) is 0 Å². The van der Waals surface area contributed by atoms with Gasteiger partial charge in [-0.3, -0.25) is 0 Å². The van der Waals surface area contributed by atoms with Crippen molar-refractivity contribution in [1.29, 1.82) is 0 Å². The predicted molar refractivity (Wildman–Crippen MR) is 53.0 cm³/mol. The zero-order valence-electron chi connectivity index (χ0n) is 8.45. The van der Waals surface area contributed by atoms with Gasteiger partial charge in [-0.15, -0.1) is 0 Å². The fraction of sp³-hybridized carbons (Fsp3) is 1.00. The molecule has 1 aliphatic rings. The van der Waals surface area contributed by atoms with Crippen LogP contribution in [0.1, 0.15) is 46.0 Å². The Morgan fingerprint density at radius 3 is 2.15 bits per heavy atom. The Labute approximate surface area is 80.8 Å². The first kappa shape index (κ1) is 11.2. The van der Waals surface area contributed by atoms with E-state index in [2.05, 4.69) is 13.8 Å². The minimum atomic E-state index is -3.87. The molecule has 0 radical (unpaired) electrons. The number of rotatable bonds is 4. The van der Waals surface area contributed by atoms with E-state index >= 15 is 0 Å². The summed E-state index contributed by atoms with van der Waals surface area (Å²) in [4.78, 5) is 27.8. The van der Waals surface area contributed by atoms with E-state index in [4.69, 9.17) is 0 Å². The largest absolute Gasteiger partial charge is 0.496 e. The van der Waals surface area contributed by atoms with Gasteiger partial charge in [-0.2, -0.15) is 0 Å². The zero-order valence-corrected chi connectivity index (χ0v) is 9.45. The molecule has 78 valence electrons. The summed E-state index contributed by atoms with van der Waals surface area (Å²) in [7, 11) is -3.87. The summed E-state index contributed by atoms with van der Waals surface area (Å²) >= 11 is 0. The topological polar surface area (TPSA) is 60.7 Å². The maximum absolute atomic E-state index is 9.28. The van der Waals surface area contributed by atoms with Crippen LogP contribution in [0.3, 0.4) is 0 Å². The highest BCUT2D eigenvalue weighted by Gasteiger charge is 2.57. The van der Waals surface area contributed by atoms with Crippen molar-refractivity contribution in [2.75, 3.05) is 0 Å². The zero-order chi connectivity index (χ0) is 10.1. The molecule has 0 spiro atoms. The van der Waals surface area contributed by atoms with E-state index in [1.807, 2.05) is 0 Å². The molecule has 0 heterocycles. The minimum Gasteiger partial charge on any atom is -0.390 e. The minimum absolute atomic E-state index is 0.0270. The van der Waals surface area contributed by atoms with Gasteiger partial charge in [0, 0.05) is 5.54 Å². The summed E-state index contributed by atoms with van der Waals surface area (Å²) in [6.45, 7) is 4.17. The van der Waals surface area contributed by atoms with Crippen LogP contribution >= 0.6 is 0 Å². The van der Waals surface area contributed by atoms with Gasteiger partial charge in [-0.1, -0.05) is 26.7 Å². The summed E-state index contributed by atoms with van der Waals surface area (Å²) in [5.41, 5.74) is -0.191. The van der Waals surface area contributed by atoms with Gasteiger partial charge in [0.05, 0.1) is 0 Å². The van der Waals surface area contributed by atoms with Crippen LogP contribution in [-0.2, 0) is 0 Å². The van der Waals surface area contributed by atoms with E-state index in [1.165, 1.54) is 0 Å².